The molecule has 0 saturated heterocycles. The topological polar surface area (TPSA) is 0 Å². The Bertz CT molecular complexity index is 163. The number of halogens is 1. The van der Waals surface area contributed by atoms with Crippen molar-refractivity contribution in [2.75, 3.05) is 0 Å². The summed E-state index contributed by atoms with van der Waals surface area (Å²) >= 11 is 5.57. The van der Waals surface area contributed by atoms with Gasteiger partial charge < -0.3 is 0 Å². The molecule has 9 heavy (non-hydrogen) atoms. The van der Waals surface area contributed by atoms with Gasteiger partial charge in [0.15, 0.2) is 0 Å². The van der Waals surface area contributed by atoms with E-state index in [1.54, 1.807) is 0 Å². The first-order valence-corrected chi connectivity index (χ1v) is 3.10. The molecule has 0 nitrogen and oxygen atoms in total. The number of rotatable bonds is 2. The molecule has 0 amide bonds. The van der Waals surface area contributed by atoms with Crippen molar-refractivity contribution in [2.24, 2.45) is 0 Å². The molecule has 0 atom stereocenters. The molecule has 0 aliphatic rings. The van der Waals surface area contributed by atoms with Crippen LogP contribution >= 0.6 is 11.6 Å². The van der Waals surface area contributed by atoms with Crippen molar-refractivity contribution in [1.82, 2.24) is 0 Å². The highest BCUT2D eigenvalue weighted by molar-refractivity contribution is 6.31. The molecular weight excluding hydrogens is 132 g/mol. The smallest absolute Gasteiger partial charge is 0.0363 e. The van der Waals surface area contributed by atoms with E-state index in [9.17, 15) is 0 Å². The lowest BCUT2D eigenvalue weighted by Gasteiger charge is -1.94. The highest BCUT2D eigenvalue weighted by Crippen LogP contribution is 2.12. The van der Waals surface area contributed by atoms with Crippen molar-refractivity contribution in [3.63, 3.8) is 0 Å². The van der Waals surface area contributed by atoms with Gasteiger partial charge in [-0.15, -0.1) is 0 Å². The SMILES string of the molecule is C=C(C)/C=C(/C)C(=C)Cl. The van der Waals surface area contributed by atoms with Crippen LogP contribution in [0.5, 0.6) is 0 Å². The fourth-order valence-corrected chi connectivity index (χ4v) is 0.502. The number of hydrogen-bond donors (Lipinski definition) is 0. The van der Waals surface area contributed by atoms with Crippen molar-refractivity contribution in [2.45, 2.75) is 13.8 Å². The first kappa shape index (κ1) is 8.51. The largest absolute Gasteiger partial charge is 0.0961 e. The van der Waals surface area contributed by atoms with E-state index in [2.05, 4.69) is 13.2 Å². The van der Waals surface area contributed by atoms with E-state index in [1.165, 1.54) is 0 Å². The summed E-state index contributed by atoms with van der Waals surface area (Å²) in [6, 6.07) is 0. The lowest BCUT2D eigenvalue weighted by molar-refractivity contribution is 1.44. The van der Waals surface area contributed by atoms with Crippen molar-refractivity contribution in [3.8, 4) is 0 Å². The van der Waals surface area contributed by atoms with E-state index in [0.29, 0.717) is 5.03 Å². The van der Waals surface area contributed by atoms with E-state index in [-0.39, 0.29) is 0 Å². The lowest BCUT2D eigenvalue weighted by atomic mass is 10.2. The van der Waals surface area contributed by atoms with Crippen LogP contribution in [0.2, 0.25) is 0 Å². The average molecular weight is 143 g/mol. The summed E-state index contributed by atoms with van der Waals surface area (Å²) in [5, 5.41) is 0.581. The van der Waals surface area contributed by atoms with E-state index < -0.39 is 0 Å². The van der Waals surface area contributed by atoms with Gasteiger partial charge in [-0.05, 0) is 19.4 Å². The van der Waals surface area contributed by atoms with Crippen LogP contribution in [0, 0.1) is 0 Å². The summed E-state index contributed by atoms with van der Waals surface area (Å²) < 4.78 is 0. The average Bonchev–Trinajstić information content (AvgIpc) is 1.63. The Labute approximate surface area is 61.5 Å². The Morgan fingerprint density at radius 2 is 1.78 bits per heavy atom. The second-order valence-corrected chi connectivity index (χ2v) is 2.53. The third-order valence-corrected chi connectivity index (χ3v) is 1.19. The third kappa shape index (κ3) is 4.04. The maximum absolute atomic E-state index is 5.57. The minimum Gasteiger partial charge on any atom is -0.0961 e. The summed E-state index contributed by atoms with van der Waals surface area (Å²) in [6.07, 6.45) is 1.90. The van der Waals surface area contributed by atoms with Crippen molar-refractivity contribution >= 4 is 11.6 Å². The van der Waals surface area contributed by atoms with Crippen LogP contribution in [0.4, 0.5) is 0 Å². The van der Waals surface area contributed by atoms with Crippen LogP contribution in [0.1, 0.15) is 13.8 Å². The van der Waals surface area contributed by atoms with Gasteiger partial charge in [0.2, 0.25) is 0 Å². The molecule has 0 aromatic heterocycles. The van der Waals surface area contributed by atoms with Crippen LogP contribution in [-0.2, 0) is 0 Å². The second-order valence-electron chi connectivity index (χ2n) is 2.08. The molecule has 0 N–H and O–H groups in total. The molecule has 0 fully saturated rings. The van der Waals surface area contributed by atoms with Crippen LogP contribution in [0.3, 0.4) is 0 Å². The molecule has 0 aromatic carbocycles. The maximum atomic E-state index is 5.57. The zero-order valence-corrected chi connectivity index (χ0v) is 6.63. The van der Waals surface area contributed by atoms with Crippen LogP contribution in [0.15, 0.2) is 35.4 Å². The van der Waals surface area contributed by atoms with E-state index in [0.717, 1.165) is 11.1 Å². The summed E-state index contributed by atoms with van der Waals surface area (Å²) in [7, 11) is 0. The van der Waals surface area contributed by atoms with Crippen LogP contribution in [0.25, 0.3) is 0 Å². The molecule has 0 bridgehead atoms. The number of allylic oxidation sites excluding steroid dienone is 4. The normalized spacial score (nSPS) is 11.2. The molecule has 50 valence electrons. The Hall–Kier alpha value is -0.490. The fraction of sp³-hybridized carbons (Fsp3) is 0.250. The van der Waals surface area contributed by atoms with E-state index in [1.807, 2.05) is 19.9 Å². The van der Waals surface area contributed by atoms with Gasteiger partial charge in [0.05, 0.1) is 0 Å². The van der Waals surface area contributed by atoms with Gasteiger partial charge >= 0.3 is 0 Å². The standard InChI is InChI=1S/C8H11Cl/c1-6(2)5-7(3)8(4)9/h5H,1,4H2,2-3H3/b7-5-. The molecular formula is C8H11Cl. The predicted octanol–water partition coefficient (Wildman–Crippen LogP) is 3.26. The lowest BCUT2D eigenvalue weighted by Crippen LogP contribution is -1.73. The zero-order valence-electron chi connectivity index (χ0n) is 5.87. The van der Waals surface area contributed by atoms with Gasteiger partial charge in [-0.1, -0.05) is 36.4 Å². The predicted molar refractivity (Wildman–Crippen MR) is 43.6 cm³/mol. The van der Waals surface area contributed by atoms with Crippen molar-refractivity contribution < 1.29 is 0 Å². The summed E-state index contributed by atoms with van der Waals surface area (Å²) in [5.74, 6) is 0. The Morgan fingerprint density at radius 3 is 1.89 bits per heavy atom. The van der Waals surface area contributed by atoms with E-state index in [4.69, 9.17) is 11.6 Å². The monoisotopic (exact) mass is 142 g/mol. The van der Waals surface area contributed by atoms with Gasteiger partial charge in [0.25, 0.3) is 0 Å². The van der Waals surface area contributed by atoms with Gasteiger partial charge in [-0.2, -0.15) is 0 Å². The molecule has 0 heterocycles. The maximum Gasteiger partial charge on any atom is 0.0363 e. The fourth-order valence-electron chi connectivity index (χ4n) is 0.448. The van der Waals surface area contributed by atoms with Crippen molar-refractivity contribution in [1.29, 1.82) is 0 Å². The quantitative estimate of drug-likeness (QED) is 0.520. The minimum absolute atomic E-state index is 0.581. The summed E-state index contributed by atoms with van der Waals surface area (Å²) in [6.45, 7) is 11.1. The summed E-state index contributed by atoms with van der Waals surface area (Å²) in [4.78, 5) is 0. The molecule has 0 radical (unpaired) electrons. The Balaban J connectivity index is 4.17. The molecule has 0 rings (SSSR count). The second kappa shape index (κ2) is 3.52. The van der Waals surface area contributed by atoms with Gasteiger partial charge in [-0.25, -0.2) is 0 Å². The van der Waals surface area contributed by atoms with Crippen molar-refractivity contribution in [3.05, 3.63) is 35.4 Å². The molecule has 0 aliphatic carbocycles. The number of hydrogen-bond acceptors (Lipinski definition) is 0. The van der Waals surface area contributed by atoms with Crippen LogP contribution < -0.4 is 0 Å². The van der Waals surface area contributed by atoms with Gasteiger partial charge in [-0.3, -0.25) is 0 Å². The first-order chi connectivity index (χ1) is 4.04. The molecule has 0 aliphatic heterocycles. The Kier molecular flexibility index (Phi) is 3.33. The molecule has 0 unspecified atom stereocenters. The molecule has 1 heteroatoms. The molecule has 0 aromatic rings. The van der Waals surface area contributed by atoms with E-state index >= 15 is 0 Å². The highest BCUT2D eigenvalue weighted by Gasteiger charge is 1.88. The molecule has 0 spiro atoms. The zero-order chi connectivity index (χ0) is 7.44. The Morgan fingerprint density at radius 1 is 1.33 bits per heavy atom. The third-order valence-electron chi connectivity index (χ3n) is 0.891. The van der Waals surface area contributed by atoms with Gasteiger partial charge in [0.1, 0.15) is 0 Å². The highest BCUT2D eigenvalue weighted by atomic mass is 35.5. The minimum atomic E-state index is 0.581. The molecule has 0 saturated carbocycles. The van der Waals surface area contributed by atoms with Gasteiger partial charge in [0, 0.05) is 5.03 Å². The first-order valence-electron chi connectivity index (χ1n) is 2.72. The summed E-state index contributed by atoms with van der Waals surface area (Å²) in [5.41, 5.74) is 1.97. The van der Waals surface area contributed by atoms with Crippen LogP contribution in [-0.4, -0.2) is 0 Å².